The summed E-state index contributed by atoms with van der Waals surface area (Å²) in [5, 5.41) is 16.6. The molecule has 18 heavy (non-hydrogen) atoms. The molecule has 0 aliphatic heterocycles. The van der Waals surface area contributed by atoms with E-state index >= 15 is 0 Å². The molecule has 0 amide bonds. The summed E-state index contributed by atoms with van der Waals surface area (Å²) in [6.07, 6.45) is 9.45. The van der Waals surface area contributed by atoms with Gasteiger partial charge in [-0.15, -0.1) is 0 Å². The fraction of sp³-hybridized carbons (Fsp3) is 0.786. The van der Waals surface area contributed by atoms with Crippen molar-refractivity contribution in [3.8, 4) is 0 Å². The maximum atomic E-state index is 8.83. The highest BCUT2D eigenvalue weighted by Crippen LogP contribution is 2.28. The molecule has 1 heterocycles. The first-order valence-corrected chi connectivity index (χ1v) is 7.12. The summed E-state index contributed by atoms with van der Waals surface area (Å²) < 4.78 is 1.79. The van der Waals surface area contributed by atoms with Crippen LogP contribution in [0, 0.1) is 11.8 Å². The lowest BCUT2D eigenvalue weighted by Crippen LogP contribution is -2.29. The Morgan fingerprint density at radius 1 is 1.44 bits per heavy atom. The zero-order valence-corrected chi connectivity index (χ0v) is 11.3. The minimum atomic E-state index is 0.147. The van der Waals surface area contributed by atoms with Gasteiger partial charge in [-0.3, -0.25) is 4.68 Å². The first kappa shape index (κ1) is 13.6. The normalized spacial score (nSPS) is 24.3. The van der Waals surface area contributed by atoms with Crippen molar-refractivity contribution in [2.75, 3.05) is 13.2 Å². The molecule has 0 bridgehead atoms. The SMILES string of the molecule is CC1CCCCC1CNCc1cnn(CCO)c1. The third-order valence-electron chi connectivity index (χ3n) is 4.04. The highest BCUT2D eigenvalue weighted by Gasteiger charge is 2.20. The summed E-state index contributed by atoms with van der Waals surface area (Å²) in [5.74, 6) is 1.70. The summed E-state index contributed by atoms with van der Waals surface area (Å²) in [5.41, 5.74) is 1.20. The molecule has 0 saturated heterocycles. The monoisotopic (exact) mass is 251 g/mol. The molecular formula is C14H25N3O. The highest BCUT2D eigenvalue weighted by molar-refractivity contribution is 5.03. The maximum Gasteiger partial charge on any atom is 0.0640 e. The Hall–Kier alpha value is -0.870. The Kier molecular flexibility index (Phi) is 5.20. The summed E-state index contributed by atoms with van der Waals surface area (Å²) in [6.45, 7) is 5.11. The largest absolute Gasteiger partial charge is 0.394 e. The maximum absolute atomic E-state index is 8.83. The van der Waals surface area contributed by atoms with Crippen LogP contribution in [-0.2, 0) is 13.1 Å². The van der Waals surface area contributed by atoms with Crippen molar-refractivity contribution in [2.45, 2.75) is 45.7 Å². The highest BCUT2D eigenvalue weighted by atomic mass is 16.3. The van der Waals surface area contributed by atoms with E-state index in [4.69, 9.17) is 5.11 Å². The first-order valence-electron chi connectivity index (χ1n) is 7.12. The quantitative estimate of drug-likeness (QED) is 0.810. The average molecular weight is 251 g/mol. The lowest BCUT2D eigenvalue weighted by Gasteiger charge is -2.28. The number of hydrogen-bond acceptors (Lipinski definition) is 3. The standard InChI is InChI=1S/C14H25N3O/c1-12-4-2-3-5-14(12)10-15-8-13-9-16-17(11-13)6-7-18/h9,11-12,14-15,18H,2-8,10H2,1H3. The molecule has 2 unspecified atom stereocenters. The Morgan fingerprint density at radius 3 is 3.06 bits per heavy atom. The molecule has 2 N–H and O–H groups in total. The van der Waals surface area contributed by atoms with Crippen molar-refractivity contribution in [1.29, 1.82) is 0 Å². The van der Waals surface area contributed by atoms with Crippen LogP contribution in [0.1, 0.15) is 38.2 Å². The van der Waals surface area contributed by atoms with Crippen molar-refractivity contribution >= 4 is 0 Å². The van der Waals surface area contributed by atoms with Gasteiger partial charge in [0.25, 0.3) is 0 Å². The number of rotatable bonds is 6. The van der Waals surface area contributed by atoms with Crippen LogP contribution in [0.4, 0.5) is 0 Å². The number of nitrogens with zero attached hydrogens (tertiary/aromatic N) is 2. The van der Waals surface area contributed by atoms with Gasteiger partial charge >= 0.3 is 0 Å². The number of aliphatic hydroxyl groups is 1. The lowest BCUT2D eigenvalue weighted by molar-refractivity contribution is 0.247. The van der Waals surface area contributed by atoms with Crippen LogP contribution in [0.2, 0.25) is 0 Å². The van der Waals surface area contributed by atoms with Gasteiger partial charge in [0.05, 0.1) is 19.3 Å². The van der Waals surface area contributed by atoms with Crippen molar-refractivity contribution in [3.63, 3.8) is 0 Å². The molecule has 1 saturated carbocycles. The molecule has 1 aliphatic carbocycles. The van der Waals surface area contributed by atoms with Gasteiger partial charge in [-0.25, -0.2) is 0 Å². The van der Waals surface area contributed by atoms with Crippen LogP contribution < -0.4 is 5.32 Å². The summed E-state index contributed by atoms with van der Waals surface area (Å²) in [4.78, 5) is 0. The van der Waals surface area contributed by atoms with E-state index < -0.39 is 0 Å². The molecular weight excluding hydrogens is 226 g/mol. The summed E-state index contributed by atoms with van der Waals surface area (Å²) >= 11 is 0. The Labute approximate surface area is 109 Å². The minimum Gasteiger partial charge on any atom is -0.394 e. The molecule has 1 aromatic rings. The molecule has 1 aromatic heterocycles. The predicted molar refractivity (Wildman–Crippen MR) is 72.1 cm³/mol. The molecule has 1 fully saturated rings. The molecule has 4 nitrogen and oxygen atoms in total. The third-order valence-corrected chi connectivity index (χ3v) is 4.04. The third kappa shape index (κ3) is 3.82. The van der Waals surface area contributed by atoms with E-state index in [0.29, 0.717) is 6.54 Å². The van der Waals surface area contributed by atoms with Gasteiger partial charge in [-0.2, -0.15) is 5.10 Å². The first-order chi connectivity index (χ1) is 8.79. The number of aliphatic hydroxyl groups excluding tert-OH is 1. The smallest absolute Gasteiger partial charge is 0.0640 e. The lowest BCUT2D eigenvalue weighted by atomic mass is 9.80. The van der Waals surface area contributed by atoms with E-state index in [1.54, 1.807) is 4.68 Å². The van der Waals surface area contributed by atoms with E-state index in [-0.39, 0.29) is 6.61 Å². The molecule has 2 rings (SSSR count). The fourth-order valence-corrected chi connectivity index (χ4v) is 2.82. The van der Waals surface area contributed by atoms with Crippen molar-refractivity contribution in [2.24, 2.45) is 11.8 Å². The van der Waals surface area contributed by atoms with Crippen LogP contribution >= 0.6 is 0 Å². The minimum absolute atomic E-state index is 0.147. The Bertz CT molecular complexity index is 351. The van der Waals surface area contributed by atoms with Crippen LogP contribution in [-0.4, -0.2) is 28.0 Å². The van der Waals surface area contributed by atoms with Gasteiger partial charge in [0.1, 0.15) is 0 Å². The second-order valence-electron chi connectivity index (χ2n) is 5.49. The van der Waals surface area contributed by atoms with Gasteiger partial charge < -0.3 is 10.4 Å². The zero-order valence-electron chi connectivity index (χ0n) is 11.3. The van der Waals surface area contributed by atoms with Crippen LogP contribution in [0.25, 0.3) is 0 Å². The second-order valence-corrected chi connectivity index (χ2v) is 5.49. The molecule has 0 radical (unpaired) electrons. The fourth-order valence-electron chi connectivity index (χ4n) is 2.82. The topological polar surface area (TPSA) is 50.1 Å². The van der Waals surface area contributed by atoms with Gasteiger partial charge in [0.2, 0.25) is 0 Å². The van der Waals surface area contributed by atoms with E-state index in [2.05, 4.69) is 17.3 Å². The number of aromatic nitrogens is 2. The average Bonchev–Trinajstić information content (AvgIpc) is 2.80. The number of nitrogens with one attached hydrogen (secondary N) is 1. The second kappa shape index (κ2) is 6.90. The molecule has 2 atom stereocenters. The van der Waals surface area contributed by atoms with Crippen molar-refractivity contribution < 1.29 is 5.11 Å². The molecule has 4 heteroatoms. The van der Waals surface area contributed by atoms with Gasteiger partial charge in [0, 0.05) is 18.3 Å². The number of hydrogen-bond donors (Lipinski definition) is 2. The van der Waals surface area contributed by atoms with Crippen LogP contribution in [0.3, 0.4) is 0 Å². The molecule has 0 aromatic carbocycles. The van der Waals surface area contributed by atoms with Crippen LogP contribution in [0.5, 0.6) is 0 Å². The van der Waals surface area contributed by atoms with Gasteiger partial charge in [-0.1, -0.05) is 26.2 Å². The molecule has 102 valence electrons. The summed E-state index contributed by atoms with van der Waals surface area (Å²) in [6, 6.07) is 0. The Morgan fingerprint density at radius 2 is 2.28 bits per heavy atom. The Balaban J connectivity index is 1.70. The summed E-state index contributed by atoms with van der Waals surface area (Å²) in [7, 11) is 0. The molecule has 0 spiro atoms. The van der Waals surface area contributed by atoms with Crippen molar-refractivity contribution in [1.82, 2.24) is 15.1 Å². The van der Waals surface area contributed by atoms with Crippen molar-refractivity contribution in [3.05, 3.63) is 18.0 Å². The van der Waals surface area contributed by atoms with Crippen LogP contribution in [0.15, 0.2) is 12.4 Å². The van der Waals surface area contributed by atoms with E-state index in [0.717, 1.165) is 24.9 Å². The predicted octanol–water partition coefficient (Wildman–Crippen LogP) is 1.79. The van der Waals surface area contributed by atoms with E-state index in [9.17, 15) is 0 Å². The van der Waals surface area contributed by atoms with E-state index in [1.807, 2.05) is 12.4 Å². The van der Waals surface area contributed by atoms with Gasteiger partial charge in [-0.05, 0) is 24.8 Å². The zero-order chi connectivity index (χ0) is 12.8. The van der Waals surface area contributed by atoms with Gasteiger partial charge in [0.15, 0.2) is 0 Å². The molecule has 1 aliphatic rings. The van der Waals surface area contributed by atoms with E-state index in [1.165, 1.54) is 31.2 Å².